The van der Waals surface area contributed by atoms with Crippen LogP contribution in [0.25, 0.3) is 0 Å². The van der Waals surface area contributed by atoms with Gasteiger partial charge < -0.3 is 14.2 Å². The molecule has 0 aliphatic carbocycles. The van der Waals surface area contributed by atoms with Gasteiger partial charge in [0.15, 0.2) is 0 Å². The van der Waals surface area contributed by atoms with Crippen LogP contribution < -0.4 is 0 Å². The van der Waals surface area contributed by atoms with E-state index in [9.17, 15) is 0 Å². The number of hydrogen-bond donors (Lipinski definition) is 0. The van der Waals surface area contributed by atoms with Gasteiger partial charge in [-0.1, -0.05) is 58.5 Å². The Hall–Kier alpha value is -1.38. The molecular formula is C20H17Cl4N3O3. The molecule has 0 bridgehead atoms. The van der Waals surface area contributed by atoms with Gasteiger partial charge >= 0.3 is 0 Å². The van der Waals surface area contributed by atoms with Crippen molar-refractivity contribution in [3.63, 3.8) is 0 Å². The highest BCUT2D eigenvalue weighted by atomic mass is 35.5. The minimum atomic E-state index is -1.14. The van der Waals surface area contributed by atoms with Gasteiger partial charge in [-0.3, -0.25) is 0 Å². The molecule has 2 heterocycles. The first kappa shape index (κ1) is 21.8. The largest absolute Gasteiger partial charge is 0.374 e. The Kier molecular flexibility index (Phi) is 6.85. The van der Waals surface area contributed by atoms with Crippen LogP contribution in [-0.2, 0) is 33.1 Å². The van der Waals surface area contributed by atoms with Gasteiger partial charge in [-0.2, -0.15) is 5.10 Å². The lowest BCUT2D eigenvalue weighted by molar-refractivity contribution is -0.193. The second-order valence-electron chi connectivity index (χ2n) is 6.77. The van der Waals surface area contributed by atoms with Gasteiger partial charge in [0, 0.05) is 20.6 Å². The first-order valence-corrected chi connectivity index (χ1v) is 10.6. The maximum Gasteiger partial charge on any atom is 0.217 e. The Labute approximate surface area is 193 Å². The SMILES string of the molecule is Clc1ccc(COCC2COC(Cn3cncn3)(c3ccc(Cl)cc3Cl)O2)c(Cl)c1. The molecule has 1 aromatic heterocycles. The van der Waals surface area contributed by atoms with Crippen molar-refractivity contribution in [3.05, 3.63) is 80.3 Å². The van der Waals surface area contributed by atoms with Crippen molar-refractivity contribution in [1.29, 1.82) is 0 Å². The molecule has 4 rings (SSSR count). The summed E-state index contributed by atoms with van der Waals surface area (Å²) in [5.41, 5.74) is 1.50. The monoisotopic (exact) mass is 487 g/mol. The summed E-state index contributed by atoms with van der Waals surface area (Å²) in [6.07, 6.45) is 2.72. The molecule has 1 aliphatic heterocycles. The molecule has 0 radical (unpaired) electrons. The van der Waals surface area contributed by atoms with Crippen LogP contribution in [0.1, 0.15) is 11.1 Å². The van der Waals surface area contributed by atoms with Gasteiger partial charge in [0.25, 0.3) is 0 Å². The summed E-state index contributed by atoms with van der Waals surface area (Å²) < 4.78 is 19.9. The van der Waals surface area contributed by atoms with E-state index >= 15 is 0 Å². The zero-order chi connectivity index (χ0) is 21.1. The normalized spacial score (nSPS) is 21.3. The lowest BCUT2D eigenvalue weighted by Crippen LogP contribution is -2.34. The third-order valence-electron chi connectivity index (χ3n) is 4.61. The summed E-state index contributed by atoms with van der Waals surface area (Å²) in [7, 11) is 0. The molecule has 3 aromatic rings. The Morgan fingerprint density at radius 2 is 1.83 bits per heavy atom. The van der Waals surface area contributed by atoms with Gasteiger partial charge in [0.1, 0.15) is 25.3 Å². The zero-order valence-electron chi connectivity index (χ0n) is 15.6. The number of hydrogen-bond acceptors (Lipinski definition) is 5. The molecule has 1 fully saturated rings. The molecule has 2 unspecified atom stereocenters. The van der Waals surface area contributed by atoms with Gasteiger partial charge in [-0.25, -0.2) is 9.67 Å². The predicted octanol–water partition coefficient (Wildman–Crippen LogP) is 5.38. The Morgan fingerprint density at radius 1 is 1.07 bits per heavy atom. The van der Waals surface area contributed by atoms with Crippen molar-refractivity contribution in [2.45, 2.75) is 25.0 Å². The molecule has 30 heavy (non-hydrogen) atoms. The van der Waals surface area contributed by atoms with E-state index in [4.69, 9.17) is 60.6 Å². The lowest BCUT2D eigenvalue weighted by Gasteiger charge is -2.29. The maximum absolute atomic E-state index is 6.46. The van der Waals surface area contributed by atoms with E-state index in [0.717, 1.165) is 5.56 Å². The number of halogens is 4. The Bertz CT molecular complexity index is 1020. The smallest absolute Gasteiger partial charge is 0.217 e. The Morgan fingerprint density at radius 3 is 2.53 bits per heavy atom. The zero-order valence-corrected chi connectivity index (χ0v) is 18.6. The molecule has 1 saturated heterocycles. The molecule has 0 N–H and O–H groups in total. The predicted molar refractivity (Wildman–Crippen MR) is 115 cm³/mol. The number of aromatic nitrogens is 3. The fourth-order valence-corrected chi connectivity index (χ4v) is 4.24. The van der Waals surface area contributed by atoms with Crippen LogP contribution >= 0.6 is 46.4 Å². The van der Waals surface area contributed by atoms with Crippen LogP contribution in [0.15, 0.2) is 49.1 Å². The Balaban J connectivity index is 1.47. The summed E-state index contributed by atoms with van der Waals surface area (Å²) in [5.74, 6) is -1.14. The maximum atomic E-state index is 6.46. The van der Waals surface area contributed by atoms with Gasteiger partial charge in [0.05, 0.1) is 24.8 Å². The van der Waals surface area contributed by atoms with E-state index in [-0.39, 0.29) is 12.6 Å². The van der Waals surface area contributed by atoms with E-state index in [2.05, 4.69) is 10.1 Å². The summed E-state index contributed by atoms with van der Waals surface area (Å²) in [5, 5.41) is 6.26. The standard InChI is InChI=1S/C20H17Cl4N3O3/c21-14-2-1-13(18(23)5-14)7-28-8-16-9-29-20(30-16,10-27-12-25-11-26-27)17-4-3-15(22)6-19(17)24/h1-6,11-12,16H,7-10H2. The molecule has 0 spiro atoms. The minimum Gasteiger partial charge on any atom is -0.374 e. The number of nitrogens with zero attached hydrogens (tertiary/aromatic N) is 3. The van der Waals surface area contributed by atoms with E-state index < -0.39 is 5.79 Å². The molecule has 2 atom stereocenters. The van der Waals surface area contributed by atoms with Crippen LogP contribution in [0.2, 0.25) is 20.1 Å². The first-order chi connectivity index (χ1) is 14.4. The van der Waals surface area contributed by atoms with Crippen LogP contribution in [-0.4, -0.2) is 34.1 Å². The van der Waals surface area contributed by atoms with Crippen molar-refractivity contribution >= 4 is 46.4 Å². The molecule has 6 nitrogen and oxygen atoms in total. The molecule has 1 aliphatic rings. The average Bonchev–Trinajstić information content (AvgIpc) is 3.34. The summed E-state index contributed by atoms with van der Waals surface area (Å²) in [6.45, 7) is 1.23. The second-order valence-corrected chi connectivity index (χ2v) is 8.46. The topological polar surface area (TPSA) is 58.4 Å². The van der Waals surface area contributed by atoms with E-state index in [1.165, 1.54) is 6.33 Å². The highest BCUT2D eigenvalue weighted by molar-refractivity contribution is 6.35. The summed E-state index contributed by atoms with van der Waals surface area (Å²) >= 11 is 24.6. The third kappa shape index (κ3) is 4.92. The molecule has 0 amide bonds. The van der Waals surface area contributed by atoms with Crippen molar-refractivity contribution in [1.82, 2.24) is 14.8 Å². The summed E-state index contributed by atoms with van der Waals surface area (Å²) in [4.78, 5) is 3.98. The molecule has 10 heteroatoms. The fourth-order valence-electron chi connectivity index (χ4n) is 3.22. The molecule has 158 valence electrons. The second kappa shape index (κ2) is 9.40. The van der Waals surface area contributed by atoms with Crippen molar-refractivity contribution in [3.8, 4) is 0 Å². The van der Waals surface area contributed by atoms with Crippen LogP contribution in [0.4, 0.5) is 0 Å². The quantitative estimate of drug-likeness (QED) is 0.447. The van der Waals surface area contributed by atoms with Crippen LogP contribution in [0.3, 0.4) is 0 Å². The minimum absolute atomic E-state index is 0.272. The molecule has 2 aromatic carbocycles. The number of benzene rings is 2. The highest BCUT2D eigenvalue weighted by Crippen LogP contribution is 2.40. The lowest BCUT2D eigenvalue weighted by atomic mass is 10.1. The number of rotatable bonds is 7. The summed E-state index contributed by atoms with van der Waals surface area (Å²) in [6, 6.07) is 10.5. The molecular weight excluding hydrogens is 472 g/mol. The first-order valence-electron chi connectivity index (χ1n) is 9.06. The van der Waals surface area contributed by atoms with Gasteiger partial charge in [0.2, 0.25) is 5.79 Å². The number of ether oxygens (including phenoxy) is 3. The average molecular weight is 489 g/mol. The van der Waals surface area contributed by atoms with Crippen LogP contribution in [0.5, 0.6) is 0 Å². The van der Waals surface area contributed by atoms with Crippen molar-refractivity contribution in [2.75, 3.05) is 13.2 Å². The van der Waals surface area contributed by atoms with Crippen molar-refractivity contribution < 1.29 is 14.2 Å². The molecule has 0 saturated carbocycles. The van der Waals surface area contributed by atoms with Crippen molar-refractivity contribution in [2.24, 2.45) is 0 Å². The highest BCUT2D eigenvalue weighted by Gasteiger charge is 2.45. The van der Waals surface area contributed by atoms with E-state index in [1.807, 2.05) is 6.07 Å². The van der Waals surface area contributed by atoms with E-state index in [0.29, 0.717) is 45.5 Å². The van der Waals surface area contributed by atoms with Gasteiger partial charge in [-0.15, -0.1) is 0 Å². The van der Waals surface area contributed by atoms with E-state index in [1.54, 1.807) is 41.3 Å². The van der Waals surface area contributed by atoms with Crippen LogP contribution in [0, 0.1) is 0 Å². The fraction of sp³-hybridized carbons (Fsp3) is 0.300. The third-order valence-corrected chi connectivity index (χ3v) is 5.75. The van der Waals surface area contributed by atoms with Gasteiger partial charge in [-0.05, 0) is 29.8 Å².